The average molecular weight is 346 g/mol. The van der Waals surface area contributed by atoms with Crippen LogP contribution in [0.5, 0.6) is 0 Å². The summed E-state index contributed by atoms with van der Waals surface area (Å²) in [4.78, 5) is 19.1. The van der Waals surface area contributed by atoms with Crippen molar-refractivity contribution in [3.8, 4) is 11.3 Å². The summed E-state index contributed by atoms with van der Waals surface area (Å²) in [6.45, 7) is 1.01. The zero-order valence-electron chi connectivity index (χ0n) is 15.1. The standard InChI is InChI=1S/C21H22N4O/c1-24(2)18-9-4-7-16(13-18)21(26)23-17-8-3-6-15(12-17)19-14-22-20-10-5-11-25(19)20/h3-4,6-9,12-14H,5,10-11H2,1-2H3,(H,23,26). The SMILES string of the molecule is CN(C)c1cccc(C(=O)Nc2cccc(-c3cnc4n3CCC4)c2)c1. The molecule has 0 spiro atoms. The van der Waals surface area contributed by atoms with E-state index in [1.807, 2.05) is 67.7 Å². The predicted octanol–water partition coefficient (Wildman–Crippen LogP) is 3.81. The summed E-state index contributed by atoms with van der Waals surface area (Å²) < 4.78 is 2.27. The molecule has 3 aromatic rings. The number of hydrogen-bond acceptors (Lipinski definition) is 3. The van der Waals surface area contributed by atoms with Crippen molar-refractivity contribution in [3.63, 3.8) is 0 Å². The molecule has 0 atom stereocenters. The number of benzene rings is 2. The second kappa shape index (κ2) is 6.67. The monoisotopic (exact) mass is 346 g/mol. The Kier molecular flexibility index (Phi) is 4.21. The van der Waals surface area contributed by atoms with Gasteiger partial charge in [0, 0.05) is 49.6 Å². The van der Waals surface area contributed by atoms with Gasteiger partial charge >= 0.3 is 0 Å². The Balaban J connectivity index is 1.57. The van der Waals surface area contributed by atoms with Gasteiger partial charge in [-0.15, -0.1) is 0 Å². The Hall–Kier alpha value is -3.08. The molecule has 1 aliphatic heterocycles. The van der Waals surface area contributed by atoms with E-state index in [9.17, 15) is 4.79 Å². The molecule has 132 valence electrons. The first-order valence-corrected chi connectivity index (χ1v) is 8.85. The van der Waals surface area contributed by atoms with E-state index in [-0.39, 0.29) is 5.91 Å². The molecular formula is C21H22N4O. The topological polar surface area (TPSA) is 50.2 Å². The quantitative estimate of drug-likeness (QED) is 0.781. The number of fused-ring (bicyclic) bond motifs is 1. The largest absolute Gasteiger partial charge is 0.378 e. The third kappa shape index (κ3) is 3.08. The first-order valence-electron chi connectivity index (χ1n) is 8.85. The van der Waals surface area contributed by atoms with Crippen LogP contribution in [0.3, 0.4) is 0 Å². The zero-order chi connectivity index (χ0) is 18.1. The fourth-order valence-electron chi connectivity index (χ4n) is 3.37. The van der Waals surface area contributed by atoms with Gasteiger partial charge in [0.15, 0.2) is 0 Å². The molecule has 2 aromatic carbocycles. The summed E-state index contributed by atoms with van der Waals surface area (Å²) in [7, 11) is 3.93. The number of carbonyl (C=O) groups excluding carboxylic acids is 1. The van der Waals surface area contributed by atoms with Gasteiger partial charge in [-0.05, 0) is 36.8 Å². The van der Waals surface area contributed by atoms with E-state index < -0.39 is 0 Å². The van der Waals surface area contributed by atoms with Crippen molar-refractivity contribution in [2.45, 2.75) is 19.4 Å². The average Bonchev–Trinajstić information content (AvgIpc) is 3.25. The number of amides is 1. The summed E-state index contributed by atoms with van der Waals surface area (Å²) in [5, 5.41) is 3.01. The van der Waals surface area contributed by atoms with E-state index in [2.05, 4.69) is 20.9 Å². The molecule has 1 aromatic heterocycles. The lowest BCUT2D eigenvalue weighted by atomic mass is 10.1. The number of hydrogen-bond donors (Lipinski definition) is 1. The molecule has 0 radical (unpaired) electrons. The minimum absolute atomic E-state index is 0.107. The second-order valence-corrected chi connectivity index (χ2v) is 6.79. The minimum atomic E-state index is -0.107. The molecular weight excluding hydrogens is 324 g/mol. The van der Waals surface area contributed by atoms with Crippen molar-refractivity contribution < 1.29 is 4.79 Å². The summed E-state index contributed by atoms with van der Waals surface area (Å²) in [6.07, 6.45) is 4.11. The van der Waals surface area contributed by atoms with Crippen molar-refractivity contribution in [3.05, 3.63) is 66.1 Å². The first kappa shape index (κ1) is 16.4. The van der Waals surface area contributed by atoms with Crippen LogP contribution < -0.4 is 10.2 Å². The lowest BCUT2D eigenvalue weighted by Gasteiger charge is -2.14. The normalized spacial score (nSPS) is 12.7. The summed E-state index contributed by atoms with van der Waals surface area (Å²) in [6, 6.07) is 15.6. The Morgan fingerprint density at radius 3 is 2.85 bits per heavy atom. The van der Waals surface area contributed by atoms with E-state index in [4.69, 9.17) is 0 Å². The fraction of sp³-hybridized carbons (Fsp3) is 0.238. The van der Waals surface area contributed by atoms with Gasteiger partial charge in [-0.25, -0.2) is 4.98 Å². The molecule has 1 aliphatic rings. The Labute approximate surface area is 153 Å². The Bertz CT molecular complexity index is 958. The molecule has 5 nitrogen and oxygen atoms in total. The number of nitrogens with one attached hydrogen (secondary N) is 1. The maximum atomic E-state index is 12.6. The highest BCUT2D eigenvalue weighted by Gasteiger charge is 2.17. The fourth-order valence-corrected chi connectivity index (χ4v) is 3.37. The van der Waals surface area contributed by atoms with Crippen LogP contribution in [0, 0.1) is 0 Å². The van der Waals surface area contributed by atoms with Crippen molar-refractivity contribution in [2.24, 2.45) is 0 Å². The van der Waals surface area contributed by atoms with Gasteiger partial charge < -0.3 is 14.8 Å². The van der Waals surface area contributed by atoms with Gasteiger partial charge in [0.1, 0.15) is 5.82 Å². The van der Waals surface area contributed by atoms with Gasteiger partial charge in [0.25, 0.3) is 5.91 Å². The molecule has 5 heteroatoms. The van der Waals surface area contributed by atoms with Crippen molar-refractivity contribution in [1.82, 2.24) is 9.55 Å². The van der Waals surface area contributed by atoms with Crippen LogP contribution in [-0.4, -0.2) is 29.6 Å². The number of imidazole rings is 1. The Morgan fingerprint density at radius 1 is 1.15 bits per heavy atom. The lowest BCUT2D eigenvalue weighted by Crippen LogP contribution is -2.14. The third-order valence-electron chi connectivity index (χ3n) is 4.76. The van der Waals surface area contributed by atoms with E-state index in [0.29, 0.717) is 5.56 Å². The molecule has 0 bridgehead atoms. The van der Waals surface area contributed by atoms with Gasteiger partial charge in [-0.2, -0.15) is 0 Å². The lowest BCUT2D eigenvalue weighted by molar-refractivity contribution is 0.102. The van der Waals surface area contributed by atoms with E-state index in [1.165, 1.54) is 0 Å². The number of carbonyl (C=O) groups is 1. The van der Waals surface area contributed by atoms with Gasteiger partial charge in [-0.1, -0.05) is 18.2 Å². The first-order chi connectivity index (χ1) is 12.6. The molecule has 1 N–H and O–H groups in total. The Morgan fingerprint density at radius 2 is 2.00 bits per heavy atom. The van der Waals surface area contributed by atoms with Crippen LogP contribution in [-0.2, 0) is 13.0 Å². The number of aromatic nitrogens is 2. The van der Waals surface area contributed by atoms with Crippen LogP contribution in [0.2, 0.25) is 0 Å². The molecule has 4 rings (SSSR count). The van der Waals surface area contributed by atoms with E-state index in [1.54, 1.807) is 0 Å². The zero-order valence-corrected chi connectivity index (χ0v) is 15.1. The maximum absolute atomic E-state index is 12.6. The van der Waals surface area contributed by atoms with Gasteiger partial charge in [0.2, 0.25) is 0 Å². The highest BCUT2D eigenvalue weighted by atomic mass is 16.1. The van der Waals surface area contributed by atoms with E-state index >= 15 is 0 Å². The minimum Gasteiger partial charge on any atom is -0.378 e. The molecule has 0 unspecified atom stereocenters. The number of nitrogens with zero attached hydrogens (tertiary/aromatic N) is 3. The molecule has 0 aliphatic carbocycles. The highest BCUT2D eigenvalue weighted by Crippen LogP contribution is 2.27. The second-order valence-electron chi connectivity index (χ2n) is 6.79. The van der Waals surface area contributed by atoms with Crippen LogP contribution >= 0.6 is 0 Å². The molecule has 26 heavy (non-hydrogen) atoms. The molecule has 1 amide bonds. The number of rotatable bonds is 4. The van der Waals surface area contributed by atoms with Crippen LogP contribution in [0.1, 0.15) is 22.6 Å². The van der Waals surface area contributed by atoms with Crippen LogP contribution in [0.4, 0.5) is 11.4 Å². The van der Waals surface area contributed by atoms with Crippen molar-refractivity contribution in [1.29, 1.82) is 0 Å². The maximum Gasteiger partial charge on any atom is 0.255 e. The van der Waals surface area contributed by atoms with Crippen LogP contribution in [0.25, 0.3) is 11.3 Å². The smallest absolute Gasteiger partial charge is 0.255 e. The predicted molar refractivity (Wildman–Crippen MR) is 105 cm³/mol. The van der Waals surface area contributed by atoms with Crippen molar-refractivity contribution in [2.75, 3.05) is 24.3 Å². The molecule has 2 heterocycles. The third-order valence-corrected chi connectivity index (χ3v) is 4.76. The summed E-state index contributed by atoms with van der Waals surface area (Å²) in [5.41, 5.74) is 4.62. The van der Waals surface area contributed by atoms with Gasteiger partial charge in [0.05, 0.1) is 11.9 Å². The summed E-state index contributed by atoms with van der Waals surface area (Å²) >= 11 is 0. The molecule has 0 saturated carbocycles. The van der Waals surface area contributed by atoms with E-state index in [0.717, 1.165) is 47.8 Å². The summed E-state index contributed by atoms with van der Waals surface area (Å²) in [5.74, 6) is 1.04. The van der Waals surface area contributed by atoms with Gasteiger partial charge in [-0.3, -0.25) is 4.79 Å². The molecule has 0 fully saturated rings. The highest BCUT2D eigenvalue weighted by molar-refractivity contribution is 6.05. The molecule has 0 saturated heterocycles. The van der Waals surface area contributed by atoms with Crippen molar-refractivity contribution >= 4 is 17.3 Å². The number of anilines is 2. The van der Waals surface area contributed by atoms with Crippen LogP contribution in [0.15, 0.2) is 54.7 Å². The number of aryl methyl sites for hydroxylation is 1.